The molecule has 0 bridgehead atoms. The van der Waals surface area contributed by atoms with Crippen LogP contribution in [0.2, 0.25) is 0 Å². The van der Waals surface area contributed by atoms with E-state index in [-0.39, 0.29) is 11.4 Å². The van der Waals surface area contributed by atoms with E-state index in [2.05, 4.69) is 10.5 Å². The molecule has 98 valence electrons. The Morgan fingerprint density at radius 1 is 1.44 bits per heavy atom. The van der Waals surface area contributed by atoms with Crippen LogP contribution in [0.25, 0.3) is 0 Å². The molecule has 18 heavy (non-hydrogen) atoms. The van der Waals surface area contributed by atoms with Crippen molar-refractivity contribution >= 4 is 23.7 Å². The van der Waals surface area contributed by atoms with Crippen LogP contribution in [0.15, 0.2) is 17.2 Å². The monoisotopic (exact) mass is 273 g/mol. The van der Waals surface area contributed by atoms with Gasteiger partial charge in [-0.3, -0.25) is 4.79 Å². The van der Waals surface area contributed by atoms with Crippen molar-refractivity contribution in [1.82, 2.24) is 5.43 Å². The van der Waals surface area contributed by atoms with Crippen molar-refractivity contribution < 1.29 is 20.1 Å². The lowest BCUT2D eigenvalue weighted by molar-refractivity contribution is -0.121. The van der Waals surface area contributed by atoms with Crippen LogP contribution in [0.4, 0.5) is 0 Å². The Morgan fingerprint density at radius 3 is 2.72 bits per heavy atom. The van der Waals surface area contributed by atoms with Crippen LogP contribution in [0.1, 0.15) is 5.56 Å². The van der Waals surface area contributed by atoms with Gasteiger partial charge in [0.2, 0.25) is 5.75 Å². The summed E-state index contributed by atoms with van der Waals surface area (Å²) in [6.07, 6.45) is 1.09. The highest BCUT2D eigenvalue weighted by Gasteiger charge is 2.11. The van der Waals surface area contributed by atoms with Gasteiger partial charge in [0.05, 0.1) is 12.3 Å². The highest BCUT2D eigenvalue weighted by atomic mass is 35.5. The molecule has 0 saturated carbocycles. The summed E-state index contributed by atoms with van der Waals surface area (Å²) in [6.45, 7) is 0. The van der Waals surface area contributed by atoms with E-state index >= 15 is 0 Å². The first-order valence-corrected chi connectivity index (χ1v) is 5.39. The topological polar surface area (TPSA) is 128 Å². The first-order chi connectivity index (χ1) is 8.47. The molecule has 0 aliphatic carbocycles. The molecule has 1 atom stereocenters. The first kappa shape index (κ1) is 14.1. The molecule has 1 aromatic rings. The lowest BCUT2D eigenvalue weighted by Gasteiger charge is -2.05. The lowest BCUT2D eigenvalue weighted by Crippen LogP contribution is -2.39. The Kier molecular flexibility index (Phi) is 4.75. The van der Waals surface area contributed by atoms with Gasteiger partial charge in [-0.1, -0.05) is 0 Å². The molecule has 1 unspecified atom stereocenters. The van der Waals surface area contributed by atoms with Gasteiger partial charge >= 0.3 is 0 Å². The average molecular weight is 274 g/mol. The summed E-state index contributed by atoms with van der Waals surface area (Å²) in [5, 5.41) is 31.3. The minimum Gasteiger partial charge on any atom is -0.504 e. The zero-order valence-electron chi connectivity index (χ0n) is 9.17. The third kappa shape index (κ3) is 3.25. The van der Waals surface area contributed by atoms with Gasteiger partial charge in [-0.25, -0.2) is 5.43 Å². The fourth-order valence-electron chi connectivity index (χ4n) is 1.01. The second kappa shape index (κ2) is 6.08. The number of alkyl halides is 1. The van der Waals surface area contributed by atoms with Gasteiger partial charge in [0.1, 0.15) is 0 Å². The maximum Gasteiger partial charge on any atom is 0.258 e. The molecule has 7 nitrogen and oxygen atoms in total. The molecule has 1 amide bonds. The summed E-state index contributed by atoms with van der Waals surface area (Å²) in [4.78, 5) is 11.2. The predicted molar refractivity (Wildman–Crippen MR) is 65.9 cm³/mol. The summed E-state index contributed by atoms with van der Waals surface area (Å²) in [5.41, 5.74) is 7.55. The number of phenolic OH excluding ortho intramolecular Hbond substituents is 3. The van der Waals surface area contributed by atoms with Crippen molar-refractivity contribution in [1.29, 1.82) is 0 Å². The van der Waals surface area contributed by atoms with Gasteiger partial charge in [0, 0.05) is 11.4 Å². The van der Waals surface area contributed by atoms with Crippen LogP contribution in [-0.2, 0) is 4.79 Å². The molecular weight excluding hydrogens is 262 g/mol. The van der Waals surface area contributed by atoms with Gasteiger partial charge < -0.3 is 21.1 Å². The normalized spacial score (nSPS) is 12.6. The number of phenols is 3. The molecule has 6 N–H and O–H groups in total. The number of rotatable bonds is 4. The second-order valence-electron chi connectivity index (χ2n) is 3.37. The van der Waals surface area contributed by atoms with Crippen molar-refractivity contribution in [2.75, 3.05) is 5.88 Å². The van der Waals surface area contributed by atoms with Gasteiger partial charge in [-0.2, -0.15) is 5.10 Å². The molecule has 0 radical (unpaired) electrons. The Morgan fingerprint density at radius 2 is 2.11 bits per heavy atom. The van der Waals surface area contributed by atoms with Crippen LogP contribution < -0.4 is 11.2 Å². The van der Waals surface area contributed by atoms with E-state index in [0.29, 0.717) is 0 Å². The number of hydrogen-bond donors (Lipinski definition) is 5. The zero-order valence-corrected chi connectivity index (χ0v) is 9.92. The van der Waals surface area contributed by atoms with E-state index in [9.17, 15) is 15.0 Å². The lowest BCUT2D eigenvalue weighted by atomic mass is 10.2. The SMILES string of the molecule is NC(CCl)C(=O)N/N=C/c1ccc(O)c(O)c1O. The van der Waals surface area contributed by atoms with E-state index in [4.69, 9.17) is 22.4 Å². The Balaban J connectivity index is 2.74. The molecule has 1 rings (SSSR count). The van der Waals surface area contributed by atoms with Crippen LogP contribution in [-0.4, -0.2) is 39.4 Å². The van der Waals surface area contributed by atoms with Crippen molar-refractivity contribution in [3.05, 3.63) is 17.7 Å². The Bertz CT molecular complexity index is 478. The van der Waals surface area contributed by atoms with E-state index in [0.717, 1.165) is 6.21 Å². The standard InChI is InChI=1S/C10H12ClN3O4/c11-3-6(12)10(18)14-13-4-5-1-2-7(15)9(17)8(5)16/h1-2,4,6,15-17H,3,12H2,(H,14,18)/b13-4+. The van der Waals surface area contributed by atoms with Crippen LogP contribution in [0.5, 0.6) is 17.2 Å². The van der Waals surface area contributed by atoms with Crippen LogP contribution in [0, 0.1) is 0 Å². The predicted octanol–water partition coefficient (Wildman–Crippen LogP) is -0.180. The minimum absolute atomic E-state index is 0.0490. The number of aromatic hydroxyl groups is 3. The highest BCUT2D eigenvalue weighted by molar-refractivity contribution is 6.19. The van der Waals surface area contributed by atoms with Crippen molar-refractivity contribution in [2.45, 2.75) is 6.04 Å². The maximum atomic E-state index is 11.2. The number of nitrogens with one attached hydrogen (secondary N) is 1. The smallest absolute Gasteiger partial charge is 0.258 e. The molecule has 0 aliphatic heterocycles. The molecule has 0 aliphatic rings. The summed E-state index contributed by atoms with van der Waals surface area (Å²) in [7, 11) is 0. The number of nitrogens with zero attached hydrogens (tertiary/aromatic N) is 1. The third-order valence-corrected chi connectivity index (χ3v) is 2.37. The average Bonchev–Trinajstić information content (AvgIpc) is 2.37. The number of carbonyl (C=O) groups is 1. The zero-order chi connectivity index (χ0) is 13.7. The van der Waals surface area contributed by atoms with Gasteiger partial charge in [-0.05, 0) is 12.1 Å². The molecule has 0 fully saturated rings. The first-order valence-electron chi connectivity index (χ1n) is 4.85. The highest BCUT2D eigenvalue weighted by Crippen LogP contribution is 2.36. The van der Waals surface area contributed by atoms with Crippen LogP contribution in [0.3, 0.4) is 0 Å². The number of benzene rings is 1. The molecule has 1 aromatic carbocycles. The van der Waals surface area contributed by atoms with E-state index in [1.165, 1.54) is 12.1 Å². The second-order valence-corrected chi connectivity index (χ2v) is 3.67. The van der Waals surface area contributed by atoms with E-state index < -0.39 is 29.2 Å². The number of halogens is 1. The van der Waals surface area contributed by atoms with Gasteiger partial charge in [-0.15, -0.1) is 11.6 Å². The molecule has 0 saturated heterocycles. The van der Waals surface area contributed by atoms with Crippen molar-refractivity contribution in [3.63, 3.8) is 0 Å². The summed E-state index contributed by atoms with van der Waals surface area (Å²) < 4.78 is 0. The number of carbonyl (C=O) groups excluding carboxylic acids is 1. The van der Waals surface area contributed by atoms with Gasteiger partial charge in [0.15, 0.2) is 11.5 Å². The largest absolute Gasteiger partial charge is 0.504 e. The molecule has 0 heterocycles. The number of amides is 1. The number of hydrazone groups is 1. The van der Waals surface area contributed by atoms with Crippen molar-refractivity contribution in [3.8, 4) is 17.2 Å². The van der Waals surface area contributed by atoms with Crippen LogP contribution >= 0.6 is 11.6 Å². The molecule has 0 aromatic heterocycles. The Labute approximate surface area is 107 Å². The van der Waals surface area contributed by atoms with E-state index in [1.54, 1.807) is 0 Å². The number of nitrogens with two attached hydrogens (primary N) is 1. The maximum absolute atomic E-state index is 11.2. The molecular formula is C10H12ClN3O4. The quantitative estimate of drug-likeness (QED) is 0.225. The van der Waals surface area contributed by atoms with Gasteiger partial charge in [0.25, 0.3) is 5.91 Å². The summed E-state index contributed by atoms with van der Waals surface area (Å²) in [5.74, 6) is -2.30. The van der Waals surface area contributed by atoms with Crippen molar-refractivity contribution in [2.24, 2.45) is 10.8 Å². The third-order valence-electron chi connectivity index (χ3n) is 2.04. The fraction of sp³-hybridized carbons (Fsp3) is 0.200. The minimum atomic E-state index is -0.884. The van der Waals surface area contributed by atoms with E-state index in [1.807, 2.05) is 0 Å². The summed E-state index contributed by atoms with van der Waals surface area (Å²) in [6, 6.07) is 1.59. The molecule has 0 spiro atoms. The fourth-order valence-corrected chi connectivity index (χ4v) is 1.15. The molecule has 8 heteroatoms. The number of hydrogen-bond acceptors (Lipinski definition) is 6. The summed E-state index contributed by atoms with van der Waals surface area (Å²) >= 11 is 5.37. The Hall–Kier alpha value is -1.99.